The smallest absolute Gasteiger partial charge is 0.159 e. The van der Waals surface area contributed by atoms with Gasteiger partial charge in [0, 0.05) is 18.6 Å². The molecule has 2 aromatic heterocycles. The second kappa shape index (κ2) is 2.77. The summed E-state index contributed by atoms with van der Waals surface area (Å²) in [7, 11) is 1.87. The van der Waals surface area contributed by atoms with Crippen molar-refractivity contribution in [3.63, 3.8) is 0 Å². The van der Waals surface area contributed by atoms with Crippen LogP contribution in [0.4, 0.5) is 5.69 Å². The largest absolute Gasteiger partial charge is 0.387 e. The second-order valence-electron chi connectivity index (χ2n) is 2.52. The zero-order chi connectivity index (χ0) is 8.39. The molecule has 12 heavy (non-hydrogen) atoms. The highest BCUT2D eigenvalue weighted by molar-refractivity contribution is 5.77. The molecule has 0 atom stereocenters. The lowest BCUT2D eigenvalue weighted by atomic mass is 10.3. The molecule has 0 aliphatic rings. The van der Waals surface area contributed by atoms with Crippen molar-refractivity contribution in [2.75, 3.05) is 12.4 Å². The van der Waals surface area contributed by atoms with Gasteiger partial charge >= 0.3 is 0 Å². The number of anilines is 1. The van der Waals surface area contributed by atoms with E-state index in [4.69, 9.17) is 0 Å². The number of hydrogen-bond donors (Lipinski definition) is 1. The maximum absolute atomic E-state index is 4.18. The Morgan fingerprint density at radius 3 is 3.08 bits per heavy atom. The van der Waals surface area contributed by atoms with Crippen molar-refractivity contribution in [2.24, 2.45) is 0 Å². The van der Waals surface area contributed by atoms with Crippen LogP contribution >= 0.6 is 0 Å². The molecule has 0 aliphatic heterocycles. The molecular formula is C9H9N3. The van der Waals surface area contributed by atoms with Crippen molar-refractivity contribution in [2.45, 2.75) is 0 Å². The van der Waals surface area contributed by atoms with E-state index in [-0.39, 0.29) is 0 Å². The lowest BCUT2D eigenvalue weighted by molar-refractivity contribution is 1.28. The Labute approximate surface area is 70.5 Å². The molecule has 2 rings (SSSR count). The Hall–Kier alpha value is -1.64. The zero-order valence-corrected chi connectivity index (χ0v) is 6.78. The van der Waals surface area contributed by atoms with E-state index in [1.807, 2.05) is 25.2 Å². The second-order valence-corrected chi connectivity index (χ2v) is 2.52. The van der Waals surface area contributed by atoms with Crippen LogP contribution in [-0.4, -0.2) is 17.0 Å². The van der Waals surface area contributed by atoms with E-state index in [9.17, 15) is 0 Å². The molecule has 2 heterocycles. The molecule has 0 spiro atoms. The first kappa shape index (κ1) is 7.03. The fraction of sp³-hybridized carbons (Fsp3) is 0.111. The Morgan fingerprint density at radius 2 is 2.25 bits per heavy atom. The van der Waals surface area contributed by atoms with E-state index in [1.54, 1.807) is 12.4 Å². The van der Waals surface area contributed by atoms with Gasteiger partial charge in [0.05, 0.1) is 11.9 Å². The highest BCUT2D eigenvalue weighted by atomic mass is 14.9. The third-order valence-corrected chi connectivity index (χ3v) is 1.74. The SMILES string of the molecule is CNc1cnc2ncccc2c1. The number of rotatable bonds is 1. The van der Waals surface area contributed by atoms with Gasteiger partial charge in [-0.05, 0) is 18.2 Å². The van der Waals surface area contributed by atoms with Crippen LogP contribution in [0.3, 0.4) is 0 Å². The minimum absolute atomic E-state index is 0.788. The van der Waals surface area contributed by atoms with Crippen LogP contribution in [0.15, 0.2) is 30.6 Å². The minimum atomic E-state index is 0.788. The average molecular weight is 159 g/mol. The monoisotopic (exact) mass is 159 g/mol. The number of aromatic nitrogens is 2. The lowest BCUT2D eigenvalue weighted by Crippen LogP contribution is -1.90. The van der Waals surface area contributed by atoms with Crippen molar-refractivity contribution in [1.29, 1.82) is 0 Å². The van der Waals surface area contributed by atoms with Gasteiger partial charge in [0.1, 0.15) is 0 Å². The van der Waals surface area contributed by atoms with Gasteiger partial charge in [-0.25, -0.2) is 9.97 Å². The summed E-state index contributed by atoms with van der Waals surface area (Å²) < 4.78 is 0. The topological polar surface area (TPSA) is 37.8 Å². The number of nitrogens with zero attached hydrogens (tertiary/aromatic N) is 2. The summed E-state index contributed by atoms with van der Waals surface area (Å²) >= 11 is 0. The molecule has 0 saturated carbocycles. The van der Waals surface area contributed by atoms with Crippen molar-refractivity contribution in [3.05, 3.63) is 30.6 Å². The maximum atomic E-state index is 4.18. The summed E-state index contributed by atoms with van der Waals surface area (Å²) in [6, 6.07) is 5.93. The molecule has 0 saturated heterocycles. The highest BCUT2D eigenvalue weighted by Crippen LogP contribution is 2.12. The maximum Gasteiger partial charge on any atom is 0.159 e. The van der Waals surface area contributed by atoms with Gasteiger partial charge in [0.15, 0.2) is 5.65 Å². The number of fused-ring (bicyclic) bond motifs is 1. The van der Waals surface area contributed by atoms with Gasteiger partial charge in [-0.15, -0.1) is 0 Å². The van der Waals surface area contributed by atoms with Gasteiger partial charge in [-0.1, -0.05) is 0 Å². The molecule has 0 fully saturated rings. The van der Waals surface area contributed by atoms with Crippen LogP contribution in [-0.2, 0) is 0 Å². The van der Waals surface area contributed by atoms with Crippen LogP contribution in [0.25, 0.3) is 11.0 Å². The van der Waals surface area contributed by atoms with Crippen LogP contribution in [0.5, 0.6) is 0 Å². The molecule has 0 unspecified atom stereocenters. The van der Waals surface area contributed by atoms with E-state index in [0.717, 1.165) is 16.7 Å². The van der Waals surface area contributed by atoms with E-state index in [2.05, 4.69) is 15.3 Å². The van der Waals surface area contributed by atoms with Crippen LogP contribution < -0.4 is 5.32 Å². The van der Waals surface area contributed by atoms with Crippen LogP contribution in [0.2, 0.25) is 0 Å². The summed E-state index contributed by atoms with van der Waals surface area (Å²) in [5.41, 5.74) is 1.80. The first-order valence-electron chi connectivity index (χ1n) is 3.78. The van der Waals surface area contributed by atoms with Gasteiger partial charge in [0.2, 0.25) is 0 Å². The molecule has 0 aliphatic carbocycles. The molecular weight excluding hydrogens is 150 g/mol. The molecule has 0 bridgehead atoms. The fourth-order valence-electron chi connectivity index (χ4n) is 1.10. The summed E-state index contributed by atoms with van der Waals surface area (Å²) in [5.74, 6) is 0. The normalized spacial score (nSPS) is 10.1. The lowest BCUT2D eigenvalue weighted by Gasteiger charge is -1.99. The Balaban J connectivity index is 2.67. The van der Waals surface area contributed by atoms with Gasteiger partial charge in [-0.3, -0.25) is 0 Å². The third-order valence-electron chi connectivity index (χ3n) is 1.74. The van der Waals surface area contributed by atoms with Crippen molar-refractivity contribution < 1.29 is 0 Å². The summed E-state index contributed by atoms with van der Waals surface area (Å²) in [4.78, 5) is 8.30. The first-order valence-corrected chi connectivity index (χ1v) is 3.78. The predicted octanol–water partition coefficient (Wildman–Crippen LogP) is 1.67. The molecule has 0 amide bonds. The molecule has 0 radical (unpaired) electrons. The fourth-order valence-corrected chi connectivity index (χ4v) is 1.10. The standard InChI is InChI=1S/C9H9N3/c1-10-8-5-7-3-2-4-11-9(7)12-6-8/h2-6,10H,1H3. The quantitative estimate of drug-likeness (QED) is 0.687. The van der Waals surface area contributed by atoms with Gasteiger partial charge in [-0.2, -0.15) is 0 Å². The number of hydrogen-bond acceptors (Lipinski definition) is 3. The predicted molar refractivity (Wildman–Crippen MR) is 49.1 cm³/mol. The van der Waals surface area contributed by atoms with E-state index < -0.39 is 0 Å². The Bertz CT molecular complexity index is 398. The van der Waals surface area contributed by atoms with E-state index >= 15 is 0 Å². The minimum Gasteiger partial charge on any atom is -0.387 e. The van der Waals surface area contributed by atoms with Crippen molar-refractivity contribution in [3.8, 4) is 0 Å². The summed E-state index contributed by atoms with van der Waals surface area (Å²) in [6.07, 6.45) is 3.52. The van der Waals surface area contributed by atoms with Gasteiger partial charge < -0.3 is 5.32 Å². The average Bonchev–Trinajstić information content (AvgIpc) is 2.17. The van der Waals surface area contributed by atoms with E-state index in [1.165, 1.54) is 0 Å². The summed E-state index contributed by atoms with van der Waals surface area (Å²) in [5, 5.41) is 4.09. The Morgan fingerprint density at radius 1 is 1.33 bits per heavy atom. The molecule has 2 aromatic rings. The number of pyridine rings is 2. The molecule has 3 heteroatoms. The molecule has 1 N–H and O–H groups in total. The number of nitrogens with one attached hydrogen (secondary N) is 1. The Kier molecular flexibility index (Phi) is 1.63. The molecule has 60 valence electrons. The third kappa shape index (κ3) is 1.09. The van der Waals surface area contributed by atoms with Gasteiger partial charge in [0.25, 0.3) is 0 Å². The van der Waals surface area contributed by atoms with Crippen LogP contribution in [0, 0.1) is 0 Å². The molecule has 0 aromatic carbocycles. The summed E-state index contributed by atoms with van der Waals surface area (Å²) in [6.45, 7) is 0. The van der Waals surface area contributed by atoms with Crippen molar-refractivity contribution in [1.82, 2.24) is 9.97 Å². The molecule has 3 nitrogen and oxygen atoms in total. The van der Waals surface area contributed by atoms with Crippen LogP contribution in [0.1, 0.15) is 0 Å². The van der Waals surface area contributed by atoms with E-state index in [0.29, 0.717) is 0 Å². The van der Waals surface area contributed by atoms with Crippen molar-refractivity contribution >= 4 is 16.7 Å². The zero-order valence-electron chi connectivity index (χ0n) is 6.78. The highest BCUT2D eigenvalue weighted by Gasteiger charge is 1.94. The first-order chi connectivity index (χ1) is 5.90.